The first-order valence-corrected chi connectivity index (χ1v) is 9.70. The molecule has 0 saturated heterocycles. The molecular weight excluding hydrogens is 354 g/mol. The molecule has 0 unspecified atom stereocenters. The third-order valence-corrected chi connectivity index (χ3v) is 5.21. The standard InChI is InChI=1S/C22H27N3O3/c1-2-25(15-21(26)27)19-13-18(14-19)23-22(28)24-20-11-7-6-10-17(20)12-16-8-4-3-5-9-16/h3-11,18-19H,2,12-15H2,1H3,(H,26,27)(H2,23,24,28). The van der Waals surface area contributed by atoms with Gasteiger partial charge in [0.25, 0.3) is 0 Å². The Bertz CT molecular complexity index is 804. The Balaban J connectivity index is 1.52. The number of carboxylic acids is 1. The normalized spacial score (nSPS) is 18.4. The number of carboxylic acid groups (broad SMARTS) is 1. The van der Waals surface area contributed by atoms with Crippen LogP contribution in [0.5, 0.6) is 0 Å². The van der Waals surface area contributed by atoms with Crippen molar-refractivity contribution in [3.63, 3.8) is 0 Å². The summed E-state index contributed by atoms with van der Waals surface area (Å²) >= 11 is 0. The monoisotopic (exact) mass is 381 g/mol. The molecule has 28 heavy (non-hydrogen) atoms. The first kappa shape index (κ1) is 19.9. The SMILES string of the molecule is CCN(CC(=O)O)C1CC(NC(=O)Nc2ccccc2Cc2ccccc2)C1. The Morgan fingerprint density at radius 1 is 1.07 bits per heavy atom. The number of amides is 2. The van der Waals surface area contributed by atoms with Gasteiger partial charge in [-0.25, -0.2) is 4.79 Å². The van der Waals surface area contributed by atoms with Gasteiger partial charge in [0.05, 0.1) is 6.54 Å². The smallest absolute Gasteiger partial charge is 0.319 e. The second-order valence-electron chi connectivity index (χ2n) is 7.20. The van der Waals surface area contributed by atoms with Gasteiger partial charge in [-0.05, 0) is 43.0 Å². The van der Waals surface area contributed by atoms with Gasteiger partial charge in [-0.2, -0.15) is 0 Å². The molecule has 1 aliphatic carbocycles. The number of likely N-dealkylation sites (N-methyl/N-ethyl adjacent to an activating group) is 1. The molecule has 0 aromatic heterocycles. The highest BCUT2D eigenvalue weighted by atomic mass is 16.4. The maximum absolute atomic E-state index is 12.4. The lowest BCUT2D eigenvalue weighted by Gasteiger charge is -2.42. The molecule has 1 fully saturated rings. The second kappa shape index (κ2) is 9.37. The number of carbonyl (C=O) groups excluding carboxylic acids is 1. The summed E-state index contributed by atoms with van der Waals surface area (Å²) in [5, 5.41) is 14.9. The molecule has 0 radical (unpaired) electrons. The zero-order valence-corrected chi connectivity index (χ0v) is 16.1. The minimum Gasteiger partial charge on any atom is -0.480 e. The fraction of sp³-hybridized carbons (Fsp3) is 0.364. The van der Waals surface area contributed by atoms with Crippen molar-refractivity contribution in [1.82, 2.24) is 10.2 Å². The highest BCUT2D eigenvalue weighted by Crippen LogP contribution is 2.26. The zero-order valence-electron chi connectivity index (χ0n) is 16.1. The van der Waals surface area contributed by atoms with Crippen LogP contribution in [0.1, 0.15) is 30.9 Å². The van der Waals surface area contributed by atoms with E-state index in [1.54, 1.807) is 0 Å². The Labute approximate surface area is 165 Å². The number of hydrogen-bond acceptors (Lipinski definition) is 3. The molecule has 3 N–H and O–H groups in total. The minimum absolute atomic E-state index is 0.0486. The number of rotatable bonds is 8. The van der Waals surface area contributed by atoms with Gasteiger partial charge >= 0.3 is 12.0 Å². The molecule has 0 atom stereocenters. The number of anilines is 1. The van der Waals surface area contributed by atoms with E-state index in [1.807, 2.05) is 54.3 Å². The number of urea groups is 1. The van der Waals surface area contributed by atoms with Gasteiger partial charge in [0.1, 0.15) is 0 Å². The second-order valence-corrected chi connectivity index (χ2v) is 7.20. The van der Waals surface area contributed by atoms with Crippen molar-refractivity contribution in [2.45, 2.75) is 38.3 Å². The molecule has 0 bridgehead atoms. The van der Waals surface area contributed by atoms with E-state index in [1.165, 1.54) is 5.56 Å². The van der Waals surface area contributed by atoms with Crippen LogP contribution in [0.15, 0.2) is 54.6 Å². The summed E-state index contributed by atoms with van der Waals surface area (Å²) in [7, 11) is 0. The van der Waals surface area contributed by atoms with E-state index in [4.69, 9.17) is 5.11 Å². The summed E-state index contributed by atoms with van der Waals surface area (Å²) in [5.74, 6) is -0.814. The molecule has 3 rings (SSSR count). The van der Waals surface area contributed by atoms with Crippen molar-refractivity contribution >= 4 is 17.7 Å². The quantitative estimate of drug-likeness (QED) is 0.655. The Hall–Kier alpha value is -2.86. The van der Waals surface area contributed by atoms with Gasteiger partial charge in [-0.3, -0.25) is 9.69 Å². The van der Waals surface area contributed by atoms with Crippen molar-refractivity contribution in [3.05, 3.63) is 65.7 Å². The van der Waals surface area contributed by atoms with Crippen LogP contribution in [-0.4, -0.2) is 47.2 Å². The molecule has 0 spiro atoms. The van der Waals surface area contributed by atoms with E-state index in [0.717, 1.165) is 30.5 Å². The van der Waals surface area contributed by atoms with E-state index >= 15 is 0 Å². The molecule has 2 aromatic carbocycles. The minimum atomic E-state index is -0.814. The lowest BCUT2D eigenvalue weighted by Crippen LogP contribution is -2.55. The van der Waals surface area contributed by atoms with Crippen molar-refractivity contribution in [1.29, 1.82) is 0 Å². The van der Waals surface area contributed by atoms with Gasteiger partial charge < -0.3 is 15.7 Å². The topological polar surface area (TPSA) is 81.7 Å². The third kappa shape index (κ3) is 5.33. The van der Waals surface area contributed by atoms with Crippen LogP contribution in [0.2, 0.25) is 0 Å². The Morgan fingerprint density at radius 3 is 2.43 bits per heavy atom. The Morgan fingerprint density at radius 2 is 1.75 bits per heavy atom. The maximum Gasteiger partial charge on any atom is 0.319 e. The number of nitrogens with one attached hydrogen (secondary N) is 2. The van der Waals surface area contributed by atoms with Crippen LogP contribution in [0.25, 0.3) is 0 Å². The van der Waals surface area contributed by atoms with Crippen LogP contribution >= 0.6 is 0 Å². The predicted octanol–water partition coefficient (Wildman–Crippen LogP) is 3.34. The molecule has 2 aromatic rings. The number of aliphatic carboxylic acids is 1. The van der Waals surface area contributed by atoms with Crippen molar-refractivity contribution in [2.24, 2.45) is 0 Å². The molecule has 1 saturated carbocycles. The molecule has 2 amide bonds. The van der Waals surface area contributed by atoms with Crippen LogP contribution in [0.4, 0.5) is 10.5 Å². The summed E-state index contributed by atoms with van der Waals surface area (Å²) in [6, 6.07) is 18.0. The summed E-state index contributed by atoms with van der Waals surface area (Å²) in [4.78, 5) is 25.3. The van der Waals surface area contributed by atoms with Crippen LogP contribution in [0.3, 0.4) is 0 Å². The first-order valence-electron chi connectivity index (χ1n) is 9.70. The van der Waals surface area contributed by atoms with Crippen molar-refractivity contribution < 1.29 is 14.7 Å². The summed E-state index contributed by atoms with van der Waals surface area (Å²) in [5.41, 5.74) is 3.06. The largest absolute Gasteiger partial charge is 0.480 e. The fourth-order valence-corrected chi connectivity index (χ4v) is 3.63. The van der Waals surface area contributed by atoms with Crippen molar-refractivity contribution in [2.75, 3.05) is 18.4 Å². The number of carbonyl (C=O) groups is 2. The zero-order chi connectivity index (χ0) is 19.9. The first-order chi connectivity index (χ1) is 13.5. The third-order valence-electron chi connectivity index (χ3n) is 5.21. The number of benzene rings is 2. The van der Waals surface area contributed by atoms with E-state index in [9.17, 15) is 9.59 Å². The lowest BCUT2D eigenvalue weighted by molar-refractivity contribution is -0.139. The molecule has 0 aliphatic heterocycles. The van der Waals surface area contributed by atoms with E-state index in [-0.39, 0.29) is 24.7 Å². The predicted molar refractivity (Wildman–Crippen MR) is 110 cm³/mol. The van der Waals surface area contributed by atoms with E-state index in [0.29, 0.717) is 6.54 Å². The highest BCUT2D eigenvalue weighted by Gasteiger charge is 2.34. The molecule has 148 valence electrons. The molecule has 1 aliphatic rings. The molecular formula is C22H27N3O3. The van der Waals surface area contributed by atoms with Crippen LogP contribution < -0.4 is 10.6 Å². The number of para-hydroxylation sites is 1. The summed E-state index contributed by atoms with van der Waals surface area (Å²) in [6.07, 6.45) is 2.31. The van der Waals surface area contributed by atoms with Gasteiger partial charge in [0, 0.05) is 17.8 Å². The lowest BCUT2D eigenvalue weighted by atomic mass is 9.85. The highest BCUT2D eigenvalue weighted by molar-refractivity contribution is 5.90. The average Bonchev–Trinajstić information content (AvgIpc) is 2.65. The number of hydrogen-bond donors (Lipinski definition) is 3. The van der Waals surface area contributed by atoms with Gasteiger partial charge in [-0.1, -0.05) is 55.5 Å². The van der Waals surface area contributed by atoms with Crippen LogP contribution in [0, 0.1) is 0 Å². The van der Waals surface area contributed by atoms with Gasteiger partial charge in [0.2, 0.25) is 0 Å². The van der Waals surface area contributed by atoms with Gasteiger partial charge in [0.15, 0.2) is 0 Å². The average molecular weight is 381 g/mol. The summed E-state index contributed by atoms with van der Waals surface area (Å²) < 4.78 is 0. The van der Waals surface area contributed by atoms with E-state index in [2.05, 4.69) is 22.8 Å². The fourth-order valence-electron chi connectivity index (χ4n) is 3.63. The molecule has 6 heteroatoms. The van der Waals surface area contributed by atoms with Gasteiger partial charge in [-0.15, -0.1) is 0 Å². The van der Waals surface area contributed by atoms with Crippen LogP contribution in [-0.2, 0) is 11.2 Å². The molecule has 0 heterocycles. The van der Waals surface area contributed by atoms with E-state index < -0.39 is 5.97 Å². The Kier molecular flexibility index (Phi) is 6.66. The summed E-state index contributed by atoms with van der Waals surface area (Å²) in [6.45, 7) is 2.70. The maximum atomic E-state index is 12.4. The molecule has 6 nitrogen and oxygen atoms in total. The van der Waals surface area contributed by atoms with Crippen molar-refractivity contribution in [3.8, 4) is 0 Å². The number of nitrogens with zero attached hydrogens (tertiary/aromatic N) is 1.